The number of fused-ring (bicyclic) bond motifs is 1. The molecule has 196 valence electrons. The highest BCUT2D eigenvalue weighted by Crippen LogP contribution is 2.23. The molecule has 4 unspecified atom stereocenters. The Morgan fingerprint density at radius 3 is 2.56 bits per heavy atom. The molecule has 4 atom stereocenters. The number of para-hydroxylation sites is 1. The zero-order chi connectivity index (χ0) is 26.4. The highest BCUT2D eigenvalue weighted by molar-refractivity contribution is 5.95. The lowest BCUT2D eigenvalue weighted by molar-refractivity contribution is -0.145. The van der Waals surface area contributed by atoms with E-state index in [2.05, 4.69) is 15.6 Å². The molecule has 1 aromatic heterocycles. The van der Waals surface area contributed by atoms with Crippen LogP contribution in [-0.2, 0) is 25.6 Å². The zero-order valence-corrected chi connectivity index (χ0v) is 20.6. The van der Waals surface area contributed by atoms with Crippen LogP contribution >= 0.6 is 0 Å². The number of hydrogen-bond donors (Lipinski definition) is 6. The number of carbonyl (C=O) groups excluding carboxylic acids is 3. The molecule has 0 bridgehead atoms. The molecule has 1 aliphatic heterocycles. The number of amides is 3. The van der Waals surface area contributed by atoms with E-state index >= 15 is 0 Å². The Balaban J connectivity index is 1.82. The summed E-state index contributed by atoms with van der Waals surface area (Å²) in [6, 6.07) is 3.41. The van der Waals surface area contributed by atoms with Gasteiger partial charge in [-0.2, -0.15) is 0 Å². The number of carboxylic acid groups (broad SMARTS) is 1. The Hall–Kier alpha value is -3.44. The number of H-pyrrole nitrogens is 1. The SMILES string of the molecule is CC(C)CC(NC(=O)C1CCCN1C(=O)C(Cc1c[nH]c2ccccc12)NC(=O)C(N)CO)C(=O)O. The van der Waals surface area contributed by atoms with Crippen molar-refractivity contribution in [3.05, 3.63) is 36.0 Å². The van der Waals surface area contributed by atoms with E-state index in [-0.39, 0.29) is 18.8 Å². The van der Waals surface area contributed by atoms with Crippen molar-refractivity contribution in [2.75, 3.05) is 13.2 Å². The molecule has 0 spiro atoms. The van der Waals surface area contributed by atoms with Crippen LogP contribution in [-0.4, -0.2) is 81.1 Å². The van der Waals surface area contributed by atoms with Crippen molar-refractivity contribution in [2.45, 2.75) is 63.7 Å². The van der Waals surface area contributed by atoms with Gasteiger partial charge in [-0.15, -0.1) is 0 Å². The van der Waals surface area contributed by atoms with Crippen LogP contribution in [0, 0.1) is 5.92 Å². The molecular formula is C25H35N5O6. The number of nitrogens with two attached hydrogens (primary N) is 1. The summed E-state index contributed by atoms with van der Waals surface area (Å²) >= 11 is 0. The highest BCUT2D eigenvalue weighted by atomic mass is 16.4. The summed E-state index contributed by atoms with van der Waals surface area (Å²) in [6.45, 7) is 3.44. The Bertz CT molecular complexity index is 1100. The number of nitrogens with one attached hydrogen (secondary N) is 3. The lowest BCUT2D eigenvalue weighted by atomic mass is 10.0. The Labute approximate surface area is 209 Å². The fourth-order valence-corrected chi connectivity index (χ4v) is 4.55. The zero-order valence-electron chi connectivity index (χ0n) is 20.6. The van der Waals surface area contributed by atoms with Gasteiger partial charge in [0.2, 0.25) is 17.7 Å². The maximum absolute atomic E-state index is 13.7. The normalized spacial score (nSPS) is 18.1. The van der Waals surface area contributed by atoms with Crippen LogP contribution in [0.4, 0.5) is 0 Å². The van der Waals surface area contributed by atoms with Gasteiger partial charge in [0.15, 0.2) is 0 Å². The number of aromatic nitrogens is 1. The number of aromatic amines is 1. The lowest BCUT2D eigenvalue weighted by Crippen LogP contribution is -2.57. The predicted octanol–water partition coefficient (Wildman–Crippen LogP) is 0.121. The second-order valence-electron chi connectivity index (χ2n) is 9.63. The maximum atomic E-state index is 13.7. The number of benzene rings is 1. The van der Waals surface area contributed by atoms with Crippen LogP contribution in [0.15, 0.2) is 30.5 Å². The number of aliphatic hydroxyl groups is 1. The van der Waals surface area contributed by atoms with Crippen molar-refractivity contribution in [1.82, 2.24) is 20.5 Å². The van der Waals surface area contributed by atoms with Crippen molar-refractivity contribution in [2.24, 2.45) is 11.7 Å². The number of hydrogen-bond acceptors (Lipinski definition) is 6. The highest BCUT2D eigenvalue weighted by Gasteiger charge is 2.39. The minimum absolute atomic E-state index is 0.0548. The third kappa shape index (κ3) is 6.41. The minimum Gasteiger partial charge on any atom is -0.480 e. The average molecular weight is 502 g/mol. The summed E-state index contributed by atoms with van der Waals surface area (Å²) in [5.41, 5.74) is 7.34. The molecule has 1 aromatic carbocycles. The van der Waals surface area contributed by atoms with E-state index < -0.39 is 54.5 Å². The number of rotatable bonds is 11. The van der Waals surface area contributed by atoms with Crippen molar-refractivity contribution in [3.63, 3.8) is 0 Å². The van der Waals surface area contributed by atoms with Gasteiger partial charge in [-0.3, -0.25) is 14.4 Å². The third-order valence-corrected chi connectivity index (χ3v) is 6.41. The predicted molar refractivity (Wildman–Crippen MR) is 133 cm³/mol. The lowest BCUT2D eigenvalue weighted by Gasteiger charge is -2.30. The first-order valence-corrected chi connectivity index (χ1v) is 12.2. The number of carboxylic acids is 1. The van der Waals surface area contributed by atoms with Crippen LogP contribution in [0.5, 0.6) is 0 Å². The van der Waals surface area contributed by atoms with Crippen molar-refractivity contribution < 1.29 is 29.4 Å². The molecule has 11 heteroatoms. The quantitative estimate of drug-likeness (QED) is 0.253. The monoisotopic (exact) mass is 501 g/mol. The molecular weight excluding hydrogens is 466 g/mol. The molecule has 2 aromatic rings. The molecule has 7 N–H and O–H groups in total. The number of aliphatic carboxylic acids is 1. The van der Waals surface area contributed by atoms with Gasteiger partial charge >= 0.3 is 5.97 Å². The van der Waals surface area contributed by atoms with Gasteiger partial charge in [-0.1, -0.05) is 32.0 Å². The first-order chi connectivity index (χ1) is 17.1. The smallest absolute Gasteiger partial charge is 0.326 e. The minimum atomic E-state index is -1.20. The molecule has 0 radical (unpaired) electrons. The summed E-state index contributed by atoms with van der Waals surface area (Å²) in [4.78, 5) is 55.4. The number of nitrogens with zero attached hydrogens (tertiary/aromatic N) is 1. The van der Waals surface area contributed by atoms with Gasteiger partial charge < -0.3 is 36.5 Å². The van der Waals surface area contributed by atoms with Crippen LogP contribution in [0.3, 0.4) is 0 Å². The van der Waals surface area contributed by atoms with Crippen LogP contribution in [0.2, 0.25) is 0 Å². The van der Waals surface area contributed by atoms with Gasteiger partial charge in [0.1, 0.15) is 24.2 Å². The Morgan fingerprint density at radius 2 is 1.89 bits per heavy atom. The van der Waals surface area contributed by atoms with E-state index in [1.165, 1.54) is 4.90 Å². The van der Waals surface area contributed by atoms with E-state index in [1.807, 2.05) is 38.1 Å². The van der Waals surface area contributed by atoms with Crippen molar-refractivity contribution >= 4 is 34.6 Å². The molecule has 1 aliphatic rings. The fourth-order valence-electron chi connectivity index (χ4n) is 4.55. The van der Waals surface area contributed by atoms with E-state index in [4.69, 9.17) is 5.73 Å². The van der Waals surface area contributed by atoms with Gasteiger partial charge in [0.05, 0.1) is 6.61 Å². The Morgan fingerprint density at radius 1 is 1.17 bits per heavy atom. The van der Waals surface area contributed by atoms with Gasteiger partial charge in [-0.25, -0.2) is 4.79 Å². The maximum Gasteiger partial charge on any atom is 0.326 e. The van der Waals surface area contributed by atoms with Crippen molar-refractivity contribution in [1.29, 1.82) is 0 Å². The number of likely N-dealkylation sites (tertiary alicyclic amines) is 1. The average Bonchev–Trinajstić information content (AvgIpc) is 3.49. The Kier molecular flexibility index (Phi) is 9.05. The van der Waals surface area contributed by atoms with Crippen molar-refractivity contribution in [3.8, 4) is 0 Å². The molecule has 2 heterocycles. The number of aliphatic hydroxyl groups excluding tert-OH is 1. The number of carbonyl (C=O) groups is 4. The van der Waals surface area contributed by atoms with E-state index in [1.54, 1.807) is 6.20 Å². The summed E-state index contributed by atoms with van der Waals surface area (Å²) < 4.78 is 0. The van der Waals surface area contributed by atoms with E-state index in [0.29, 0.717) is 19.4 Å². The topological polar surface area (TPSA) is 178 Å². The molecule has 0 aliphatic carbocycles. The molecule has 36 heavy (non-hydrogen) atoms. The second kappa shape index (κ2) is 12.0. The molecule has 11 nitrogen and oxygen atoms in total. The summed E-state index contributed by atoms with van der Waals surface area (Å²) in [6.07, 6.45) is 3.12. The van der Waals surface area contributed by atoms with Crippen LogP contribution < -0.4 is 16.4 Å². The third-order valence-electron chi connectivity index (χ3n) is 6.41. The molecule has 3 rings (SSSR count). The first kappa shape index (κ1) is 27.2. The summed E-state index contributed by atoms with van der Waals surface area (Å²) in [7, 11) is 0. The second-order valence-corrected chi connectivity index (χ2v) is 9.63. The summed E-state index contributed by atoms with van der Waals surface area (Å²) in [5, 5.41) is 24.9. The molecule has 3 amide bonds. The largest absolute Gasteiger partial charge is 0.480 e. The fraction of sp³-hybridized carbons (Fsp3) is 0.520. The molecule has 0 saturated carbocycles. The van der Waals surface area contributed by atoms with Gasteiger partial charge in [-0.05, 0) is 36.8 Å². The van der Waals surface area contributed by atoms with Gasteiger partial charge in [0, 0.05) is 30.1 Å². The van der Waals surface area contributed by atoms with E-state index in [0.717, 1.165) is 16.5 Å². The summed E-state index contributed by atoms with van der Waals surface area (Å²) in [5.74, 6) is -2.75. The van der Waals surface area contributed by atoms with Crippen LogP contribution in [0.25, 0.3) is 10.9 Å². The molecule has 1 fully saturated rings. The van der Waals surface area contributed by atoms with Gasteiger partial charge in [0.25, 0.3) is 0 Å². The first-order valence-electron chi connectivity index (χ1n) is 12.2. The molecule has 1 saturated heterocycles. The van der Waals surface area contributed by atoms with E-state index in [9.17, 15) is 29.4 Å². The van der Waals surface area contributed by atoms with Crippen LogP contribution in [0.1, 0.15) is 38.7 Å². The standard InChI is InChI=1S/C25H35N5O6/c1-14(2)10-20(25(35)36)29-23(33)21-8-5-9-30(21)24(34)19(28-22(32)17(26)13-31)11-15-12-27-18-7-4-3-6-16(15)18/h3-4,6-7,12,14,17,19-21,27,31H,5,8-11,13,26H2,1-2H3,(H,28,32)(H,29,33)(H,35,36).